The SMILES string of the molecule is CCN(C(=O)C(=O)Nc1ccccc1OC)C1CCS(=O)(=O)C1. The number of likely N-dealkylation sites (N-methyl/N-ethyl adjacent to an activating group) is 1. The lowest BCUT2D eigenvalue weighted by Crippen LogP contribution is -2.46. The highest BCUT2D eigenvalue weighted by atomic mass is 32.2. The molecule has 1 aromatic rings. The van der Waals surface area contributed by atoms with Crippen LogP contribution in [0.2, 0.25) is 0 Å². The standard InChI is InChI=1S/C15H20N2O5S/c1-3-17(11-8-9-23(20,21)10-11)15(19)14(18)16-12-6-4-5-7-13(12)22-2/h4-7,11H,3,8-10H2,1-2H3,(H,16,18). The minimum Gasteiger partial charge on any atom is -0.495 e. The van der Waals surface area contributed by atoms with Crippen LogP contribution in [-0.2, 0) is 19.4 Å². The molecule has 1 N–H and O–H groups in total. The lowest BCUT2D eigenvalue weighted by molar-refractivity contribution is -0.144. The van der Waals surface area contributed by atoms with Gasteiger partial charge in [-0.15, -0.1) is 0 Å². The number of hydrogen-bond donors (Lipinski definition) is 1. The summed E-state index contributed by atoms with van der Waals surface area (Å²) in [5.74, 6) is -1.13. The Morgan fingerprint density at radius 2 is 2.04 bits per heavy atom. The zero-order valence-corrected chi connectivity index (χ0v) is 13.9. The van der Waals surface area contributed by atoms with Gasteiger partial charge in [0.2, 0.25) is 0 Å². The zero-order chi connectivity index (χ0) is 17.0. The van der Waals surface area contributed by atoms with Gasteiger partial charge in [0.05, 0.1) is 24.3 Å². The number of sulfone groups is 1. The summed E-state index contributed by atoms with van der Waals surface area (Å²) in [4.78, 5) is 25.9. The minimum absolute atomic E-state index is 0.0512. The molecule has 8 heteroatoms. The number of benzene rings is 1. The fourth-order valence-electron chi connectivity index (χ4n) is 2.64. The molecule has 0 aromatic heterocycles. The van der Waals surface area contributed by atoms with Crippen molar-refractivity contribution in [3.05, 3.63) is 24.3 Å². The summed E-state index contributed by atoms with van der Waals surface area (Å²) in [5.41, 5.74) is 0.392. The van der Waals surface area contributed by atoms with E-state index >= 15 is 0 Å². The molecule has 1 heterocycles. The molecule has 2 amide bonds. The van der Waals surface area contributed by atoms with Crippen LogP contribution in [0.5, 0.6) is 5.75 Å². The molecule has 0 bridgehead atoms. The summed E-state index contributed by atoms with van der Waals surface area (Å²) < 4.78 is 28.3. The number of amides is 2. The van der Waals surface area contributed by atoms with Crippen LogP contribution in [0.25, 0.3) is 0 Å². The Hall–Kier alpha value is -2.09. The minimum atomic E-state index is -3.12. The van der Waals surface area contributed by atoms with Crippen molar-refractivity contribution < 1.29 is 22.7 Å². The Labute approximate surface area is 135 Å². The maximum atomic E-state index is 12.4. The van der Waals surface area contributed by atoms with Gasteiger partial charge in [0.25, 0.3) is 0 Å². The molecule has 1 unspecified atom stereocenters. The number of methoxy groups -OCH3 is 1. The third-order valence-electron chi connectivity index (χ3n) is 3.80. The fraction of sp³-hybridized carbons (Fsp3) is 0.467. The van der Waals surface area contributed by atoms with Crippen LogP contribution in [0.15, 0.2) is 24.3 Å². The molecule has 0 radical (unpaired) electrons. The number of para-hydroxylation sites is 2. The van der Waals surface area contributed by atoms with Crippen molar-refractivity contribution in [2.24, 2.45) is 0 Å². The van der Waals surface area contributed by atoms with E-state index in [1.807, 2.05) is 0 Å². The number of ether oxygens (including phenoxy) is 1. The van der Waals surface area contributed by atoms with Crippen molar-refractivity contribution >= 4 is 27.3 Å². The fourth-order valence-corrected chi connectivity index (χ4v) is 4.37. The number of hydrogen-bond acceptors (Lipinski definition) is 5. The summed E-state index contributed by atoms with van der Waals surface area (Å²) in [5, 5.41) is 2.52. The van der Waals surface area contributed by atoms with E-state index < -0.39 is 27.7 Å². The molecule has 1 fully saturated rings. The number of rotatable bonds is 4. The second-order valence-electron chi connectivity index (χ2n) is 5.30. The van der Waals surface area contributed by atoms with Gasteiger partial charge in [0.1, 0.15) is 5.75 Å². The van der Waals surface area contributed by atoms with Crippen LogP contribution in [0, 0.1) is 0 Å². The van der Waals surface area contributed by atoms with Gasteiger partial charge in [-0.25, -0.2) is 8.42 Å². The lowest BCUT2D eigenvalue weighted by Gasteiger charge is -2.26. The third kappa shape index (κ3) is 4.01. The Morgan fingerprint density at radius 1 is 1.35 bits per heavy atom. The van der Waals surface area contributed by atoms with Crippen molar-refractivity contribution in [2.45, 2.75) is 19.4 Å². The highest BCUT2D eigenvalue weighted by Gasteiger charge is 2.36. The van der Waals surface area contributed by atoms with Gasteiger partial charge in [-0.1, -0.05) is 12.1 Å². The number of carbonyl (C=O) groups is 2. The molecule has 7 nitrogen and oxygen atoms in total. The second-order valence-corrected chi connectivity index (χ2v) is 7.53. The van der Waals surface area contributed by atoms with Crippen LogP contribution in [0.4, 0.5) is 5.69 Å². The van der Waals surface area contributed by atoms with E-state index in [2.05, 4.69) is 5.32 Å². The van der Waals surface area contributed by atoms with Gasteiger partial charge in [-0.2, -0.15) is 0 Å². The first-order valence-electron chi connectivity index (χ1n) is 7.33. The van der Waals surface area contributed by atoms with Gasteiger partial charge in [0.15, 0.2) is 9.84 Å². The van der Waals surface area contributed by atoms with Gasteiger partial charge < -0.3 is 15.0 Å². The van der Waals surface area contributed by atoms with E-state index in [9.17, 15) is 18.0 Å². The summed E-state index contributed by atoms with van der Waals surface area (Å²) in [6.45, 7) is 2.00. The average Bonchev–Trinajstić information content (AvgIpc) is 2.88. The molecular formula is C15H20N2O5S. The molecule has 1 atom stereocenters. The molecule has 1 aliphatic heterocycles. The zero-order valence-electron chi connectivity index (χ0n) is 13.1. The third-order valence-corrected chi connectivity index (χ3v) is 5.55. The quantitative estimate of drug-likeness (QED) is 0.813. The van der Waals surface area contributed by atoms with E-state index in [4.69, 9.17) is 4.74 Å². The molecule has 23 heavy (non-hydrogen) atoms. The molecule has 0 saturated carbocycles. The molecule has 0 aliphatic carbocycles. The van der Waals surface area contributed by atoms with Crippen LogP contribution in [0.3, 0.4) is 0 Å². The summed E-state index contributed by atoms with van der Waals surface area (Å²) in [6.07, 6.45) is 0.365. The smallest absolute Gasteiger partial charge is 0.314 e. The molecule has 126 valence electrons. The van der Waals surface area contributed by atoms with Crippen LogP contribution in [0.1, 0.15) is 13.3 Å². The van der Waals surface area contributed by atoms with E-state index in [0.717, 1.165) is 0 Å². The van der Waals surface area contributed by atoms with Crippen molar-refractivity contribution in [1.82, 2.24) is 4.90 Å². The van der Waals surface area contributed by atoms with Crippen LogP contribution in [-0.4, -0.2) is 56.3 Å². The number of carbonyl (C=O) groups excluding carboxylic acids is 2. The Bertz CT molecular complexity index is 702. The van der Waals surface area contributed by atoms with Gasteiger partial charge in [-0.3, -0.25) is 9.59 Å². The molecule has 2 rings (SSSR count). The number of nitrogens with one attached hydrogen (secondary N) is 1. The highest BCUT2D eigenvalue weighted by molar-refractivity contribution is 7.91. The second kappa shape index (κ2) is 6.99. The molecule has 0 spiro atoms. The van der Waals surface area contributed by atoms with E-state index in [-0.39, 0.29) is 18.1 Å². The Morgan fingerprint density at radius 3 is 2.61 bits per heavy atom. The lowest BCUT2D eigenvalue weighted by atomic mass is 10.2. The summed E-state index contributed by atoms with van der Waals surface area (Å²) >= 11 is 0. The van der Waals surface area contributed by atoms with Gasteiger partial charge in [0, 0.05) is 12.6 Å². The van der Waals surface area contributed by atoms with Crippen LogP contribution < -0.4 is 10.1 Å². The summed E-state index contributed by atoms with van der Waals surface area (Å²) in [6, 6.07) is 6.31. The van der Waals surface area contributed by atoms with Crippen molar-refractivity contribution in [3.63, 3.8) is 0 Å². The van der Waals surface area contributed by atoms with Gasteiger partial charge in [-0.05, 0) is 25.5 Å². The molecule has 1 saturated heterocycles. The van der Waals surface area contributed by atoms with Gasteiger partial charge >= 0.3 is 11.8 Å². The first-order chi connectivity index (χ1) is 10.9. The monoisotopic (exact) mass is 340 g/mol. The maximum Gasteiger partial charge on any atom is 0.314 e. The van der Waals surface area contributed by atoms with E-state index in [1.54, 1.807) is 31.2 Å². The maximum absolute atomic E-state index is 12.4. The van der Waals surface area contributed by atoms with Crippen molar-refractivity contribution in [2.75, 3.05) is 30.5 Å². The Kier molecular flexibility index (Phi) is 5.25. The molecular weight excluding hydrogens is 320 g/mol. The predicted octanol–water partition coefficient (Wildman–Crippen LogP) is 0.669. The van der Waals surface area contributed by atoms with Crippen molar-refractivity contribution in [1.29, 1.82) is 0 Å². The largest absolute Gasteiger partial charge is 0.495 e. The van der Waals surface area contributed by atoms with Crippen molar-refractivity contribution in [3.8, 4) is 5.75 Å². The van der Waals surface area contributed by atoms with E-state index in [0.29, 0.717) is 17.9 Å². The topological polar surface area (TPSA) is 92.8 Å². The Balaban J connectivity index is 2.10. The predicted molar refractivity (Wildman–Crippen MR) is 86.1 cm³/mol. The highest BCUT2D eigenvalue weighted by Crippen LogP contribution is 2.23. The first-order valence-corrected chi connectivity index (χ1v) is 9.15. The normalized spacial score (nSPS) is 19.1. The first kappa shape index (κ1) is 17.3. The number of nitrogens with zero attached hydrogens (tertiary/aromatic N) is 1. The summed E-state index contributed by atoms with van der Waals surface area (Å²) in [7, 11) is -1.66. The number of anilines is 1. The molecule has 1 aromatic carbocycles. The van der Waals surface area contributed by atoms with Crippen LogP contribution >= 0.6 is 0 Å². The average molecular weight is 340 g/mol. The van der Waals surface area contributed by atoms with E-state index in [1.165, 1.54) is 12.0 Å². The molecule has 1 aliphatic rings.